The number of sulfonamides is 1. The van der Waals surface area contributed by atoms with Crippen LogP contribution in [0.1, 0.15) is 45.2 Å². The Bertz CT molecular complexity index is 671. The van der Waals surface area contributed by atoms with Crippen LogP contribution in [0.3, 0.4) is 0 Å². The van der Waals surface area contributed by atoms with Crippen LogP contribution < -0.4 is 4.72 Å². The molecule has 1 fully saturated rings. The van der Waals surface area contributed by atoms with Gasteiger partial charge in [0.1, 0.15) is 0 Å². The summed E-state index contributed by atoms with van der Waals surface area (Å²) in [5, 5.41) is 0. The second-order valence-corrected chi connectivity index (χ2v) is 8.67. The molecule has 4 nitrogen and oxygen atoms in total. The van der Waals surface area contributed by atoms with Crippen molar-refractivity contribution in [2.45, 2.75) is 51.3 Å². The van der Waals surface area contributed by atoms with Gasteiger partial charge in [0, 0.05) is 5.92 Å². The monoisotopic (exact) mass is 309 g/mol. The molecule has 0 aliphatic heterocycles. The lowest BCUT2D eigenvalue weighted by atomic mass is 9.87. The van der Waals surface area contributed by atoms with E-state index in [4.69, 9.17) is 0 Å². The first-order valence-electron chi connectivity index (χ1n) is 7.20. The van der Waals surface area contributed by atoms with Gasteiger partial charge in [0.05, 0.1) is 4.90 Å². The third-order valence-corrected chi connectivity index (χ3v) is 5.51. The van der Waals surface area contributed by atoms with E-state index in [0.29, 0.717) is 5.56 Å². The van der Waals surface area contributed by atoms with Gasteiger partial charge in [-0.3, -0.25) is 4.79 Å². The molecule has 1 amide bonds. The molecule has 1 aromatic carbocycles. The van der Waals surface area contributed by atoms with Gasteiger partial charge in [0.15, 0.2) is 0 Å². The van der Waals surface area contributed by atoms with Crippen molar-refractivity contribution in [1.29, 1.82) is 0 Å². The topological polar surface area (TPSA) is 63.2 Å². The molecule has 0 saturated heterocycles. The summed E-state index contributed by atoms with van der Waals surface area (Å²) in [5.74, 6) is -0.267. The quantitative estimate of drug-likeness (QED) is 0.934. The highest BCUT2D eigenvalue weighted by atomic mass is 32.2. The van der Waals surface area contributed by atoms with Crippen molar-refractivity contribution >= 4 is 15.9 Å². The third-order valence-electron chi connectivity index (χ3n) is 4.02. The lowest BCUT2D eigenvalue weighted by Crippen LogP contribution is -2.32. The van der Waals surface area contributed by atoms with E-state index < -0.39 is 10.0 Å². The number of hydrogen-bond donors (Lipinski definition) is 1. The summed E-state index contributed by atoms with van der Waals surface area (Å²) in [6, 6.07) is 5.39. The van der Waals surface area contributed by atoms with Crippen molar-refractivity contribution in [2.75, 3.05) is 0 Å². The van der Waals surface area contributed by atoms with Gasteiger partial charge in [-0.05, 0) is 41.9 Å². The highest BCUT2D eigenvalue weighted by molar-refractivity contribution is 7.90. The molecular weight excluding hydrogens is 286 g/mol. The molecule has 1 aliphatic carbocycles. The summed E-state index contributed by atoms with van der Waals surface area (Å²) in [7, 11) is -3.80. The lowest BCUT2D eigenvalue weighted by Gasteiger charge is -2.20. The average Bonchev–Trinajstić information content (AvgIpc) is 3.04. The van der Waals surface area contributed by atoms with E-state index in [1.165, 1.54) is 0 Å². The van der Waals surface area contributed by atoms with E-state index in [1.807, 2.05) is 33.8 Å². The molecule has 2 unspecified atom stereocenters. The standard InChI is InChI=1S/C16H23NO3S/c1-10-6-7-12(16(3,4)5)9-14(10)21(19,20)17-15(18)13-8-11(13)2/h6-7,9,11,13H,8H2,1-5H3,(H,17,18). The summed E-state index contributed by atoms with van der Waals surface area (Å²) >= 11 is 0. The number of carbonyl (C=O) groups excluding carboxylic acids is 1. The van der Waals surface area contributed by atoms with Crippen LogP contribution in [0.25, 0.3) is 0 Å². The smallest absolute Gasteiger partial charge is 0.264 e. The molecule has 0 spiro atoms. The first-order valence-corrected chi connectivity index (χ1v) is 8.68. The van der Waals surface area contributed by atoms with Gasteiger partial charge >= 0.3 is 0 Å². The lowest BCUT2D eigenvalue weighted by molar-refractivity contribution is -0.120. The average molecular weight is 309 g/mol. The molecule has 5 heteroatoms. The van der Waals surface area contributed by atoms with Gasteiger partial charge < -0.3 is 0 Å². The predicted octanol–water partition coefficient (Wildman–Crippen LogP) is 2.75. The fourth-order valence-corrected chi connectivity index (χ4v) is 3.61. The van der Waals surface area contributed by atoms with Gasteiger partial charge in [0.2, 0.25) is 5.91 Å². The van der Waals surface area contributed by atoms with Crippen molar-refractivity contribution in [3.8, 4) is 0 Å². The normalized spacial score (nSPS) is 22.0. The summed E-state index contributed by atoms with van der Waals surface area (Å²) in [6.45, 7) is 9.77. The van der Waals surface area contributed by atoms with E-state index in [0.717, 1.165) is 12.0 Å². The van der Waals surface area contributed by atoms with Gasteiger partial charge in [-0.2, -0.15) is 0 Å². The van der Waals surface area contributed by atoms with E-state index in [-0.39, 0.29) is 28.1 Å². The SMILES string of the molecule is Cc1ccc(C(C)(C)C)cc1S(=O)(=O)NC(=O)C1CC1C. The summed E-state index contributed by atoms with van der Waals surface area (Å²) in [5.41, 5.74) is 1.43. The zero-order chi connectivity index (χ0) is 16.0. The van der Waals surface area contributed by atoms with Crippen LogP contribution in [0.5, 0.6) is 0 Å². The first kappa shape index (κ1) is 16.0. The Morgan fingerprint density at radius 2 is 1.86 bits per heavy atom. The molecule has 1 aromatic rings. The highest BCUT2D eigenvalue weighted by Gasteiger charge is 2.41. The second kappa shape index (κ2) is 5.13. The summed E-state index contributed by atoms with van der Waals surface area (Å²) < 4.78 is 27.1. The van der Waals surface area contributed by atoms with E-state index >= 15 is 0 Å². The zero-order valence-corrected chi connectivity index (χ0v) is 14.0. The fourth-order valence-electron chi connectivity index (χ4n) is 2.31. The molecule has 0 aromatic heterocycles. The molecule has 1 saturated carbocycles. The zero-order valence-electron chi connectivity index (χ0n) is 13.2. The van der Waals surface area contributed by atoms with Crippen molar-refractivity contribution in [2.24, 2.45) is 11.8 Å². The number of carbonyl (C=O) groups is 1. The fraction of sp³-hybridized carbons (Fsp3) is 0.562. The molecule has 1 aliphatic rings. The molecule has 0 bridgehead atoms. The molecule has 21 heavy (non-hydrogen) atoms. The second-order valence-electron chi connectivity index (χ2n) is 7.02. The Labute approximate surface area is 127 Å². The summed E-state index contributed by atoms with van der Waals surface area (Å²) in [4.78, 5) is 12.1. The van der Waals surface area contributed by atoms with Crippen molar-refractivity contribution in [3.05, 3.63) is 29.3 Å². The minimum absolute atomic E-state index is 0.146. The van der Waals surface area contributed by atoms with Crippen LogP contribution in [-0.4, -0.2) is 14.3 Å². The van der Waals surface area contributed by atoms with Crippen LogP contribution in [0.2, 0.25) is 0 Å². The highest BCUT2D eigenvalue weighted by Crippen LogP contribution is 2.38. The van der Waals surface area contributed by atoms with Crippen molar-refractivity contribution in [1.82, 2.24) is 4.72 Å². The largest absolute Gasteiger partial charge is 0.274 e. The molecule has 116 valence electrons. The Morgan fingerprint density at radius 1 is 1.29 bits per heavy atom. The Kier molecular flexibility index (Phi) is 3.91. The van der Waals surface area contributed by atoms with Gasteiger partial charge in [-0.1, -0.05) is 39.8 Å². The minimum Gasteiger partial charge on any atom is -0.274 e. The van der Waals surface area contributed by atoms with Crippen LogP contribution in [-0.2, 0) is 20.2 Å². The molecule has 2 atom stereocenters. The minimum atomic E-state index is -3.80. The van der Waals surface area contributed by atoms with E-state index in [2.05, 4.69) is 4.72 Å². The van der Waals surface area contributed by atoms with Gasteiger partial charge in [-0.25, -0.2) is 13.1 Å². The van der Waals surface area contributed by atoms with E-state index in [1.54, 1.807) is 19.1 Å². The molecule has 1 N–H and O–H groups in total. The molecule has 0 heterocycles. The number of amides is 1. The van der Waals surface area contributed by atoms with Crippen LogP contribution in [0, 0.1) is 18.8 Å². The third kappa shape index (κ3) is 3.46. The molecular formula is C16H23NO3S. The van der Waals surface area contributed by atoms with Crippen LogP contribution in [0.15, 0.2) is 23.1 Å². The van der Waals surface area contributed by atoms with Crippen LogP contribution in [0.4, 0.5) is 0 Å². The predicted molar refractivity (Wildman–Crippen MR) is 82.5 cm³/mol. The number of aryl methyl sites for hydroxylation is 1. The van der Waals surface area contributed by atoms with E-state index in [9.17, 15) is 13.2 Å². The number of rotatable bonds is 3. The van der Waals surface area contributed by atoms with Gasteiger partial charge in [0.25, 0.3) is 10.0 Å². The Hall–Kier alpha value is -1.36. The number of benzene rings is 1. The maximum Gasteiger partial charge on any atom is 0.264 e. The molecule has 0 radical (unpaired) electrons. The Balaban J connectivity index is 2.33. The van der Waals surface area contributed by atoms with Crippen molar-refractivity contribution in [3.63, 3.8) is 0 Å². The molecule has 2 rings (SSSR count). The van der Waals surface area contributed by atoms with Gasteiger partial charge in [-0.15, -0.1) is 0 Å². The maximum absolute atomic E-state index is 12.4. The number of hydrogen-bond acceptors (Lipinski definition) is 3. The van der Waals surface area contributed by atoms with Crippen molar-refractivity contribution < 1.29 is 13.2 Å². The van der Waals surface area contributed by atoms with Crippen LogP contribution >= 0.6 is 0 Å². The summed E-state index contributed by atoms with van der Waals surface area (Å²) in [6.07, 6.45) is 0.766. The number of nitrogens with one attached hydrogen (secondary N) is 1. The maximum atomic E-state index is 12.4. The Morgan fingerprint density at radius 3 is 2.33 bits per heavy atom. The first-order chi connectivity index (χ1) is 9.52.